The van der Waals surface area contributed by atoms with Gasteiger partial charge in [0, 0.05) is 32.1 Å². The third-order valence-corrected chi connectivity index (χ3v) is 5.60. The molecule has 172 valence electrons. The molecule has 7 heteroatoms. The second-order valence-electron chi connectivity index (χ2n) is 8.59. The maximum Gasteiger partial charge on any atom is 0.246 e. The minimum absolute atomic E-state index is 0.0280. The van der Waals surface area contributed by atoms with E-state index in [0.717, 1.165) is 18.4 Å². The summed E-state index contributed by atoms with van der Waals surface area (Å²) in [5.41, 5.74) is 0.993. The summed E-state index contributed by atoms with van der Waals surface area (Å²) in [4.78, 5) is 41.5. The van der Waals surface area contributed by atoms with Gasteiger partial charge in [-0.3, -0.25) is 14.4 Å². The van der Waals surface area contributed by atoms with Gasteiger partial charge in [-0.2, -0.15) is 0 Å². The smallest absolute Gasteiger partial charge is 0.246 e. The summed E-state index contributed by atoms with van der Waals surface area (Å²) >= 11 is 0. The highest BCUT2D eigenvalue weighted by atomic mass is 16.5. The van der Waals surface area contributed by atoms with Crippen molar-refractivity contribution in [3.63, 3.8) is 0 Å². The Balaban J connectivity index is 1.85. The molecule has 0 radical (unpaired) electrons. The highest BCUT2D eigenvalue weighted by molar-refractivity contribution is 5.88. The number of piperazine rings is 1. The van der Waals surface area contributed by atoms with E-state index < -0.39 is 6.04 Å². The fraction of sp³-hybridized carbons (Fsp3) is 0.625. The minimum atomic E-state index is -0.609. The number of benzene rings is 1. The molecule has 1 fully saturated rings. The van der Waals surface area contributed by atoms with Gasteiger partial charge in [0.1, 0.15) is 12.6 Å². The summed E-state index contributed by atoms with van der Waals surface area (Å²) in [5.74, 6) is -0.292. The quantitative estimate of drug-likeness (QED) is 0.618. The Morgan fingerprint density at radius 3 is 2.48 bits per heavy atom. The number of nitrogens with zero attached hydrogens (tertiary/aromatic N) is 2. The van der Waals surface area contributed by atoms with Gasteiger partial charge >= 0.3 is 0 Å². The summed E-state index contributed by atoms with van der Waals surface area (Å²) in [7, 11) is 0. The van der Waals surface area contributed by atoms with Crippen LogP contribution in [0.25, 0.3) is 0 Å². The summed E-state index contributed by atoms with van der Waals surface area (Å²) in [6, 6.07) is 9.01. The van der Waals surface area contributed by atoms with E-state index in [0.29, 0.717) is 32.7 Å². The van der Waals surface area contributed by atoms with E-state index in [2.05, 4.69) is 12.2 Å². The molecular formula is C24H37N3O4. The zero-order valence-corrected chi connectivity index (χ0v) is 19.3. The molecule has 1 aliphatic rings. The summed E-state index contributed by atoms with van der Waals surface area (Å²) < 4.78 is 5.50. The molecule has 1 heterocycles. The molecule has 1 saturated heterocycles. The molecule has 31 heavy (non-hydrogen) atoms. The van der Waals surface area contributed by atoms with E-state index >= 15 is 0 Å². The predicted octanol–water partition coefficient (Wildman–Crippen LogP) is 2.59. The molecule has 0 bridgehead atoms. The van der Waals surface area contributed by atoms with Gasteiger partial charge in [-0.05, 0) is 24.8 Å². The number of carbonyl (C=O) groups excluding carboxylic acids is 3. The Morgan fingerprint density at radius 1 is 1.16 bits per heavy atom. The maximum atomic E-state index is 13.1. The van der Waals surface area contributed by atoms with Crippen LogP contribution in [0.4, 0.5) is 0 Å². The van der Waals surface area contributed by atoms with Crippen LogP contribution in [0.2, 0.25) is 0 Å². The number of rotatable bonds is 10. The molecule has 0 saturated carbocycles. The molecule has 3 amide bonds. The molecule has 2 unspecified atom stereocenters. The molecule has 1 aromatic carbocycles. The van der Waals surface area contributed by atoms with Crippen LogP contribution in [0.1, 0.15) is 52.5 Å². The van der Waals surface area contributed by atoms with Crippen LogP contribution in [-0.2, 0) is 25.7 Å². The van der Waals surface area contributed by atoms with Crippen LogP contribution < -0.4 is 5.32 Å². The first-order chi connectivity index (χ1) is 14.8. The van der Waals surface area contributed by atoms with Crippen molar-refractivity contribution in [2.24, 2.45) is 5.92 Å². The number of nitrogens with one attached hydrogen (secondary N) is 1. The number of carbonyl (C=O) groups is 3. The summed E-state index contributed by atoms with van der Waals surface area (Å²) in [6.07, 6.45) is 2.43. The largest absolute Gasteiger partial charge is 0.367 e. The lowest BCUT2D eigenvalue weighted by Crippen LogP contribution is -2.60. The Bertz CT molecular complexity index is 723. The molecular weight excluding hydrogens is 394 g/mol. The van der Waals surface area contributed by atoms with Crippen molar-refractivity contribution in [3.05, 3.63) is 35.9 Å². The van der Waals surface area contributed by atoms with E-state index in [4.69, 9.17) is 4.74 Å². The molecule has 2 atom stereocenters. The minimum Gasteiger partial charge on any atom is -0.367 e. The summed E-state index contributed by atoms with van der Waals surface area (Å²) in [6.45, 7) is 9.65. The average molecular weight is 432 g/mol. The Hall–Kier alpha value is -2.41. The standard InChI is InChI=1S/C24H37N3O4/c1-5-6-12-22(29)27-14-13-26(15-19(27)4)24(30)23(18(2)3)25-21(28)17-31-16-20-10-8-7-9-11-20/h7-11,18-19,23H,5-6,12-17H2,1-4H3,(H,25,28). The van der Waals surface area contributed by atoms with E-state index in [1.54, 1.807) is 4.90 Å². The Morgan fingerprint density at radius 2 is 1.87 bits per heavy atom. The maximum absolute atomic E-state index is 13.1. The zero-order valence-electron chi connectivity index (χ0n) is 19.3. The molecule has 0 spiro atoms. The van der Waals surface area contributed by atoms with Gasteiger partial charge in [-0.15, -0.1) is 0 Å². The molecule has 0 aliphatic carbocycles. The first-order valence-electron chi connectivity index (χ1n) is 11.3. The molecule has 0 aromatic heterocycles. The molecule has 7 nitrogen and oxygen atoms in total. The lowest BCUT2D eigenvalue weighted by Gasteiger charge is -2.41. The van der Waals surface area contributed by atoms with Crippen LogP contribution in [-0.4, -0.2) is 65.8 Å². The third kappa shape index (κ3) is 7.65. The Labute approximate surface area is 186 Å². The van der Waals surface area contributed by atoms with Gasteiger partial charge in [-0.1, -0.05) is 57.5 Å². The normalized spacial score (nSPS) is 17.5. The number of hydrogen-bond acceptors (Lipinski definition) is 4. The van der Waals surface area contributed by atoms with Crippen LogP contribution in [0.5, 0.6) is 0 Å². The number of ether oxygens (including phenoxy) is 1. The lowest BCUT2D eigenvalue weighted by molar-refractivity contribution is -0.145. The van der Waals surface area contributed by atoms with Crippen molar-refractivity contribution in [1.82, 2.24) is 15.1 Å². The van der Waals surface area contributed by atoms with Crippen molar-refractivity contribution >= 4 is 17.7 Å². The second kappa shape index (κ2) is 12.4. The first kappa shape index (κ1) is 24.9. The van der Waals surface area contributed by atoms with E-state index in [9.17, 15) is 14.4 Å². The monoisotopic (exact) mass is 431 g/mol. The zero-order chi connectivity index (χ0) is 22.8. The third-order valence-electron chi connectivity index (χ3n) is 5.60. The topological polar surface area (TPSA) is 79.0 Å². The van der Waals surface area contributed by atoms with Crippen molar-refractivity contribution in [1.29, 1.82) is 0 Å². The molecule has 1 N–H and O–H groups in total. The van der Waals surface area contributed by atoms with E-state index in [1.165, 1.54) is 0 Å². The van der Waals surface area contributed by atoms with Crippen molar-refractivity contribution in [3.8, 4) is 0 Å². The Kier molecular flexibility index (Phi) is 9.98. The van der Waals surface area contributed by atoms with Crippen LogP contribution >= 0.6 is 0 Å². The van der Waals surface area contributed by atoms with Crippen molar-refractivity contribution < 1.29 is 19.1 Å². The average Bonchev–Trinajstić information content (AvgIpc) is 2.75. The van der Waals surface area contributed by atoms with Gasteiger partial charge in [0.25, 0.3) is 0 Å². The SMILES string of the molecule is CCCCC(=O)N1CCN(C(=O)C(NC(=O)COCc2ccccc2)C(C)C)CC1C. The van der Waals surface area contributed by atoms with Gasteiger partial charge in [0.15, 0.2) is 0 Å². The van der Waals surface area contributed by atoms with E-state index in [-0.39, 0.29) is 36.3 Å². The predicted molar refractivity (Wildman–Crippen MR) is 120 cm³/mol. The highest BCUT2D eigenvalue weighted by Crippen LogP contribution is 2.15. The van der Waals surface area contributed by atoms with Crippen LogP contribution in [0.15, 0.2) is 30.3 Å². The second-order valence-corrected chi connectivity index (χ2v) is 8.59. The lowest BCUT2D eigenvalue weighted by atomic mass is 10.0. The van der Waals surface area contributed by atoms with Crippen LogP contribution in [0.3, 0.4) is 0 Å². The molecule has 1 aromatic rings. The fourth-order valence-electron chi connectivity index (χ4n) is 3.76. The van der Waals surface area contributed by atoms with Gasteiger partial charge in [0.2, 0.25) is 17.7 Å². The van der Waals surface area contributed by atoms with Gasteiger partial charge in [-0.25, -0.2) is 0 Å². The first-order valence-corrected chi connectivity index (χ1v) is 11.3. The summed E-state index contributed by atoms with van der Waals surface area (Å²) in [5, 5.41) is 2.84. The number of amides is 3. The number of unbranched alkanes of at least 4 members (excludes halogenated alkanes) is 1. The molecule has 1 aliphatic heterocycles. The van der Waals surface area contributed by atoms with Crippen LogP contribution in [0, 0.1) is 5.92 Å². The van der Waals surface area contributed by atoms with E-state index in [1.807, 2.05) is 56.0 Å². The highest BCUT2D eigenvalue weighted by Gasteiger charge is 2.34. The number of hydrogen-bond donors (Lipinski definition) is 1. The van der Waals surface area contributed by atoms with Gasteiger partial charge in [0.05, 0.1) is 6.61 Å². The fourth-order valence-corrected chi connectivity index (χ4v) is 3.76. The molecule has 2 rings (SSSR count). The van der Waals surface area contributed by atoms with Crippen molar-refractivity contribution in [2.45, 2.75) is 65.6 Å². The van der Waals surface area contributed by atoms with Crippen molar-refractivity contribution in [2.75, 3.05) is 26.2 Å². The van der Waals surface area contributed by atoms with Gasteiger partial charge < -0.3 is 19.9 Å².